The average molecular weight is 453 g/mol. The minimum Gasteiger partial charge on any atom is -0.495 e. The van der Waals surface area contributed by atoms with Gasteiger partial charge in [-0.3, -0.25) is 14.3 Å². The number of methoxy groups -OCH3 is 2. The maximum absolute atomic E-state index is 13.2. The first-order valence-corrected chi connectivity index (χ1v) is 10.9. The zero-order valence-electron chi connectivity index (χ0n) is 17.3. The van der Waals surface area contributed by atoms with Gasteiger partial charge in [0, 0.05) is 17.5 Å². The number of non-ortho nitro benzene ring substituents is 1. The topological polar surface area (TPSA) is 105 Å². The third-order valence-electron chi connectivity index (χ3n) is 5.08. The number of hydrogen-bond donors (Lipinski definition) is 0. The van der Waals surface area contributed by atoms with Crippen molar-refractivity contribution in [2.24, 2.45) is 0 Å². The first-order chi connectivity index (χ1) is 15.3. The molecule has 4 aromatic carbocycles. The molecule has 0 heterocycles. The summed E-state index contributed by atoms with van der Waals surface area (Å²) in [6.07, 6.45) is 0. The van der Waals surface area contributed by atoms with Crippen LogP contribution in [0, 0.1) is 10.1 Å². The van der Waals surface area contributed by atoms with Crippen LogP contribution in [0.15, 0.2) is 71.6 Å². The van der Waals surface area contributed by atoms with Gasteiger partial charge in [-0.15, -0.1) is 0 Å². The maximum Gasteiger partial charge on any atom is 0.304 e. The van der Waals surface area contributed by atoms with Gasteiger partial charge in [0.1, 0.15) is 5.75 Å². The Bertz CT molecular complexity index is 1430. The highest BCUT2D eigenvalue weighted by Gasteiger charge is 2.28. The van der Waals surface area contributed by atoms with Crippen LogP contribution in [0.5, 0.6) is 11.5 Å². The van der Waals surface area contributed by atoms with Gasteiger partial charge in [-0.25, -0.2) is 0 Å². The van der Waals surface area contributed by atoms with Crippen molar-refractivity contribution < 1.29 is 27.0 Å². The second kappa shape index (κ2) is 8.45. The number of ether oxygens (including phenoxy) is 2. The second-order valence-electron chi connectivity index (χ2n) is 7.00. The van der Waals surface area contributed by atoms with E-state index in [9.17, 15) is 18.5 Å². The molecule has 0 saturated heterocycles. The number of nitro benzene ring substituents is 1. The van der Waals surface area contributed by atoms with Crippen LogP contribution in [0.4, 0.5) is 5.69 Å². The van der Waals surface area contributed by atoms with E-state index in [4.69, 9.17) is 13.7 Å². The molecule has 0 radical (unpaired) electrons. The number of benzene rings is 4. The van der Waals surface area contributed by atoms with E-state index in [1.165, 1.54) is 38.5 Å². The minimum atomic E-state index is -4.30. The van der Waals surface area contributed by atoms with Crippen molar-refractivity contribution in [3.05, 3.63) is 82.4 Å². The minimum absolute atomic E-state index is 0.0910. The predicted octanol–water partition coefficient (Wildman–Crippen LogP) is 4.82. The normalized spacial score (nSPS) is 11.6. The molecule has 9 heteroatoms. The van der Waals surface area contributed by atoms with Gasteiger partial charge < -0.3 is 9.47 Å². The van der Waals surface area contributed by atoms with Gasteiger partial charge in [0.05, 0.1) is 25.7 Å². The standard InChI is InChI=1S/C23H19NO7S/c1-29-21-13-18-11-16-5-3-4-6-17(16)12-20(18)22(30-2)23(21)32(27,28)31-14-15-7-9-19(10-8-15)24(25)26/h3-13H,14H2,1-2H3. The van der Waals surface area contributed by atoms with E-state index in [2.05, 4.69) is 0 Å². The zero-order valence-corrected chi connectivity index (χ0v) is 18.1. The Morgan fingerprint density at radius 2 is 1.53 bits per heavy atom. The molecular weight excluding hydrogens is 434 g/mol. The van der Waals surface area contributed by atoms with E-state index in [1.54, 1.807) is 6.07 Å². The highest BCUT2D eigenvalue weighted by Crippen LogP contribution is 2.42. The van der Waals surface area contributed by atoms with Gasteiger partial charge in [0.2, 0.25) is 0 Å². The summed E-state index contributed by atoms with van der Waals surface area (Å²) in [5, 5.41) is 14.1. The van der Waals surface area contributed by atoms with Crippen LogP contribution < -0.4 is 9.47 Å². The van der Waals surface area contributed by atoms with Gasteiger partial charge in [0.15, 0.2) is 10.6 Å². The molecule has 164 valence electrons. The first kappa shape index (κ1) is 21.5. The summed E-state index contributed by atoms with van der Waals surface area (Å²) in [7, 11) is -1.54. The Balaban J connectivity index is 1.78. The van der Waals surface area contributed by atoms with Crippen LogP contribution in [0.25, 0.3) is 21.5 Å². The van der Waals surface area contributed by atoms with E-state index < -0.39 is 15.0 Å². The first-order valence-electron chi connectivity index (χ1n) is 9.54. The fourth-order valence-corrected chi connectivity index (χ4v) is 4.74. The fraction of sp³-hybridized carbons (Fsp3) is 0.130. The number of rotatable bonds is 7. The SMILES string of the molecule is COc1cc2cc3ccccc3cc2c(OC)c1S(=O)(=O)OCc1ccc([N+](=O)[O-])cc1. The summed E-state index contributed by atoms with van der Waals surface area (Å²) in [5.41, 5.74) is 0.366. The Morgan fingerprint density at radius 3 is 2.12 bits per heavy atom. The quantitative estimate of drug-likeness (QED) is 0.171. The molecular formula is C23H19NO7S. The Labute approximate surface area is 184 Å². The highest BCUT2D eigenvalue weighted by molar-refractivity contribution is 7.87. The Kier molecular flexibility index (Phi) is 5.68. The molecule has 0 N–H and O–H groups in total. The lowest BCUT2D eigenvalue weighted by atomic mass is 10.0. The molecule has 8 nitrogen and oxygen atoms in total. The van der Waals surface area contributed by atoms with Crippen LogP contribution >= 0.6 is 0 Å². The molecule has 0 bridgehead atoms. The molecule has 0 fully saturated rings. The third-order valence-corrected chi connectivity index (χ3v) is 6.40. The summed E-state index contributed by atoms with van der Waals surface area (Å²) < 4.78 is 42.5. The van der Waals surface area contributed by atoms with Gasteiger partial charge >= 0.3 is 10.1 Å². The van der Waals surface area contributed by atoms with Crippen molar-refractivity contribution in [1.82, 2.24) is 0 Å². The molecule has 4 aromatic rings. The number of hydrogen-bond acceptors (Lipinski definition) is 7. The predicted molar refractivity (Wildman–Crippen MR) is 120 cm³/mol. The Morgan fingerprint density at radius 1 is 0.875 bits per heavy atom. The van der Waals surface area contributed by atoms with Crippen LogP contribution in [0.1, 0.15) is 5.56 Å². The van der Waals surface area contributed by atoms with Crippen molar-refractivity contribution >= 4 is 37.4 Å². The lowest BCUT2D eigenvalue weighted by Gasteiger charge is -2.17. The van der Waals surface area contributed by atoms with Crippen LogP contribution in [0.3, 0.4) is 0 Å². The summed E-state index contributed by atoms with van der Waals surface area (Å²) in [6, 6.07) is 18.6. The van der Waals surface area contributed by atoms with E-state index in [0.29, 0.717) is 10.9 Å². The smallest absolute Gasteiger partial charge is 0.304 e. The largest absolute Gasteiger partial charge is 0.495 e. The molecule has 0 aliphatic carbocycles. The molecule has 0 aliphatic heterocycles. The summed E-state index contributed by atoms with van der Waals surface area (Å²) in [5.74, 6) is 0.210. The molecule has 0 spiro atoms. The molecule has 0 saturated carbocycles. The van der Waals surface area contributed by atoms with Gasteiger partial charge in [-0.2, -0.15) is 8.42 Å². The lowest BCUT2D eigenvalue weighted by Crippen LogP contribution is -2.10. The lowest BCUT2D eigenvalue weighted by molar-refractivity contribution is -0.384. The van der Waals surface area contributed by atoms with E-state index >= 15 is 0 Å². The zero-order chi connectivity index (χ0) is 22.9. The van der Waals surface area contributed by atoms with Crippen molar-refractivity contribution in [3.63, 3.8) is 0 Å². The third kappa shape index (κ3) is 3.95. The Hall–Kier alpha value is -3.69. The van der Waals surface area contributed by atoms with Crippen molar-refractivity contribution in [2.45, 2.75) is 11.5 Å². The van der Waals surface area contributed by atoms with Crippen LogP contribution in [-0.4, -0.2) is 27.6 Å². The van der Waals surface area contributed by atoms with Crippen LogP contribution in [0.2, 0.25) is 0 Å². The monoisotopic (exact) mass is 453 g/mol. The molecule has 0 aromatic heterocycles. The second-order valence-corrected chi connectivity index (χ2v) is 8.55. The molecule has 32 heavy (non-hydrogen) atoms. The molecule has 4 rings (SSSR count). The number of nitro groups is 1. The van der Waals surface area contributed by atoms with Crippen LogP contribution in [-0.2, 0) is 20.9 Å². The van der Waals surface area contributed by atoms with Crippen molar-refractivity contribution in [3.8, 4) is 11.5 Å². The molecule has 0 unspecified atom stereocenters. The van der Waals surface area contributed by atoms with Crippen molar-refractivity contribution in [2.75, 3.05) is 14.2 Å². The summed E-state index contributed by atoms with van der Waals surface area (Å²) in [6.45, 7) is -0.303. The molecule has 0 aliphatic rings. The van der Waals surface area contributed by atoms with Gasteiger partial charge in [-0.1, -0.05) is 24.3 Å². The molecule has 0 atom stereocenters. The van der Waals surface area contributed by atoms with E-state index in [-0.39, 0.29) is 28.7 Å². The van der Waals surface area contributed by atoms with Gasteiger partial charge in [-0.05, 0) is 52.1 Å². The average Bonchev–Trinajstić information content (AvgIpc) is 2.80. The summed E-state index contributed by atoms with van der Waals surface area (Å²) in [4.78, 5) is 10.0. The van der Waals surface area contributed by atoms with Crippen molar-refractivity contribution in [1.29, 1.82) is 0 Å². The van der Waals surface area contributed by atoms with E-state index in [0.717, 1.165) is 16.2 Å². The highest BCUT2D eigenvalue weighted by atomic mass is 32.2. The maximum atomic E-state index is 13.2. The van der Waals surface area contributed by atoms with E-state index in [1.807, 2.05) is 36.4 Å². The summed E-state index contributed by atoms with van der Waals surface area (Å²) >= 11 is 0. The van der Waals surface area contributed by atoms with Gasteiger partial charge in [0.25, 0.3) is 5.69 Å². The molecule has 0 amide bonds. The number of nitrogens with zero attached hydrogens (tertiary/aromatic N) is 1. The number of fused-ring (bicyclic) bond motifs is 2. The fourth-order valence-electron chi connectivity index (χ4n) is 3.52.